The smallest absolute Gasteiger partial charge is 0.213 e. The van der Waals surface area contributed by atoms with E-state index in [9.17, 15) is 0 Å². The van der Waals surface area contributed by atoms with Gasteiger partial charge in [-0.05, 0) is 26.8 Å². The van der Waals surface area contributed by atoms with E-state index in [2.05, 4.69) is 11.1 Å². The van der Waals surface area contributed by atoms with Crippen LogP contribution in [0, 0.1) is 6.07 Å². The number of rotatable bonds is 1. The molecule has 1 radical (unpaired) electrons. The Kier molecular flexibility index (Phi) is 2.13. The van der Waals surface area contributed by atoms with Gasteiger partial charge < -0.3 is 4.74 Å². The van der Waals surface area contributed by atoms with E-state index < -0.39 is 0 Å². The molecule has 0 amide bonds. The van der Waals surface area contributed by atoms with Gasteiger partial charge in [0.2, 0.25) is 5.88 Å². The van der Waals surface area contributed by atoms with E-state index in [0.29, 0.717) is 5.88 Å². The summed E-state index contributed by atoms with van der Waals surface area (Å²) in [5.41, 5.74) is -0.172. The molecule has 0 aromatic carbocycles. The second-order valence-corrected chi connectivity index (χ2v) is 3.31. The van der Waals surface area contributed by atoms with Gasteiger partial charge in [-0.15, -0.1) is 0 Å². The first-order valence-corrected chi connectivity index (χ1v) is 3.59. The molecule has 0 spiro atoms. The third-order valence-corrected chi connectivity index (χ3v) is 0.999. The molecular weight excluding hydrogens is 138 g/mol. The van der Waals surface area contributed by atoms with Crippen LogP contribution in [0.5, 0.6) is 5.88 Å². The summed E-state index contributed by atoms with van der Waals surface area (Å²) in [6.45, 7) is 5.97. The molecule has 0 N–H and O–H groups in total. The summed E-state index contributed by atoms with van der Waals surface area (Å²) in [6.07, 6.45) is 1.60. The largest absolute Gasteiger partial charge is 0.472 e. The monoisotopic (exact) mass is 150 g/mol. The molecule has 1 rings (SSSR count). The lowest BCUT2D eigenvalue weighted by Gasteiger charge is -2.19. The molecule has 2 heteroatoms. The van der Waals surface area contributed by atoms with Crippen molar-refractivity contribution in [1.82, 2.24) is 4.98 Å². The lowest BCUT2D eigenvalue weighted by atomic mass is 10.2. The third-order valence-electron chi connectivity index (χ3n) is 0.999. The highest BCUT2D eigenvalue weighted by Gasteiger charge is 2.11. The quantitative estimate of drug-likeness (QED) is 0.611. The Morgan fingerprint density at radius 2 is 2.18 bits per heavy atom. The zero-order valence-electron chi connectivity index (χ0n) is 7.09. The molecule has 0 aliphatic heterocycles. The van der Waals surface area contributed by atoms with Gasteiger partial charge in [0.1, 0.15) is 5.60 Å². The van der Waals surface area contributed by atoms with Gasteiger partial charge in [-0.2, -0.15) is 0 Å². The number of aromatic nitrogens is 1. The average Bonchev–Trinajstić information content (AvgIpc) is 1.85. The molecule has 0 saturated heterocycles. The predicted octanol–water partition coefficient (Wildman–Crippen LogP) is 2.06. The van der Waals surface area contributed by atoms with E-state index in [1.807, 2.05) is 20.8 Å². The van der Waals surface area contributed by atoms with Crippen LogP contribution < -0.4 is 4.74 Å². The van der Waals surface area contributed by atoms with Gasteiger partial charge in [0.15, 0.2) is 0 Å². The van der Waals surface area contributed by atoms with Crippen LogP contribution in [0.25, 0.3) is 0 Å². The van der Waals surface area contributed by atoms with Crippen molar-refractivity contribution in [1.29, 1.82) is 0 Å². The van der Waals surface area contributed by atoms with Crippen molar-refractivity contribution in [2.24, 2.45) is 0 Å². The van der Waals surface area contributed by atoms with Gasteiger partial charge in [-0.1, -0.05) is 0 Å². The highest BCUT2D eigenvalue weighted by atomic mass is 16.5. The summed E-state index contributed by atoms with van der Waals surface area (Å²) >= 11 is 0. The lowest BCUT2D eigenvalue weighted by Crippen LogP contribution is -2.23. The highest BCUT2D eigenvalue weighted by Crippen LogP contribution is 2.12. The third kappa shape index (κ3) is 3.03. The van der Waals surface area contributed by atoms with Crippen molar-refractivity contribution in [3.8, 4) is 5.88 Å². The van der Waals surface area contributed by atoms with Crippen molar-refractivity contribution in [2.75, 3.05) is 0 Å². The van der Waals surface area contributed by atoms with Gasteiger partial charge in [0.25, 0.3) is 0 Å². The molecule has 11 heavy (non-hydrogen) atoms. The topological polar surface area (TPSA) is 22.1 Å². The van der Waals surface area contributed by atoms with Gasteiger partial charge in [-0.3, -0.25) is 0 Å². The predicted molar refractivity (Wildman–Crippen MR) is 43.5 cm³/mol. The molecule has 0 bridgehead atoms. The van der Waals surface area contributed by atoms with Crippen LogP contribution in [0.3, 0.4) is 0 Å². The number of pyridine rings is 1. The molecule has 1 aromatic rings. The molecule has 2 nitrogen and oxygen atoms in total. The van der Waals surface area contributed by atoms with Crippen molar-refractivity contribution in [2.45, 2.75) is 26.4 Å². The van der Waals surface area contributed by atoms with Crippen LogP contribution in [0.2, 0.25) is 0 Å². The molecule has 0 aliphatic rings. The Balaban J connectivity index is 2.66. The summed E-state index contributed by atoms with van der Waals surface area (Å²) in [4.78, 5) is 3.99. The Bertz CT molecular complexity index is 213. The van der Waals surface area contributed by atoms with E-state index in [4.69, 9.17) is 4.74 Å². The first kappa shape index (κ1) is 8.05. The van der Waals surface area contributed by atoms with Crippen LogP contribution in [0.4, 0.5) is 0 Å². The van der Waals surface area contributed by atoms with E-state index in [1.54, 1.807) is 18.3 Å². The first-order valence-electron chi connectivity index (χ1n) is 3.59. The van der Waals surface area contributed by atoms with Gasteiger partial charge in [-0.25, -0.2) is 4.98 Å². The normalized spacial score (nSPS) is 11.2. The minimum Gasteiger partial charge on any atom is -0.472 e. The molecule has 0 unspecified atom stereocenters. The molecule has 0 fully saturated rings. The van der Waals surface area contributed by atoms with Crippen molar-refractivity contribution < 1.29 is 4.74 Å². The summed E-state index contributed by atoms with van der Waals surface area (Å²) in [6, 6.07) is 6.41. The maximum Gasteiger partial charge on any atom is 0.213 e. The first-order chi connectivity index (χ1) is 5.08. The fraction of sp³-hybridized carbons (Fsp3) is 0.444. The van der Waals surface area contributed by atoms with Crippen LogP contribution in [-0.2, 0) is 0 Å². The van der Waals surface area contributed by atoms with Gasteiger partial charge in [0.05, 0.1) is 0 Å². The summed E-state index contributed by atoms with van der Waals surface area (Å²) in [7, 11) is 0. The van der Waals surface area contributed by atoms with Crippen molar-refractivity contribution >= 4 is 0 Å². The van der Waals surface area contributed by atoms with Crippen LogP contribution in [0.1, 0.15) is 20.8 Å². The van der Waals surface area contributed by atoms with E-state index in [1.165, 1.54) is 0 Å². The molecule has 0 aliphatic carbocycles. The lowest BCUT2D eigenvalue weighted by molar-refractivity contribution is 0.124. The second kappa shape index (κ2) is 2.91. The second-order valence-electron chi connectivity index (χ2n) is 3.31. The van der Waals surface area contributed by atoms with E-state index >= 15 is 0 Å². The number of hydrogen-bond acceptors (Lipinski definition) is 2. The van der Waals surface area contributed by atoms with Crippen molar-refractivity contribution in [3.63, 3.8) is 0 Å². The molecule has 1 aromatic heterocycles. The Hall–Kier alpha value is -1.05. The maximum atomic E-state index is 5.47. The standard InChI is InChI=1S/C9H12NO/c1-9(2,3)11-8-6-4-5-7-10-8/h4,6-7H,1-3H3. The van der Waals surface area contributed by atoms with Crippen LogP contribution in [-0.4, -0.2) is 10.6 Å². The Morgan fingerprint density at radius 3 is 2.64 bits per heavy atom. The minimum absolute atomic E-state index is 0.172. The SMILES string of the molecule is CC(C)(C)Oc1cc[c]cn1. The maximum absolute atomic E-state index is 5.47. The van der Waals surface area contributed by atoms with Crippen LogP contribution in [0.15, 0.2) is 18.3 Å². The minimum atomic E-state index is -0.172. The highest BCUT2D eigenvalue weighted by molar-refractivity contribution is 5.09. The van der Waals surface area contributed by atoms with E-state index in [0.717, 1.165) is 0 Å². The average molecular weight is 150 g/mol. The summed E-state index contributed by atoms with van der Waals surface area (Å²) in [5, 5.41) is 0. The van der Waals surface area contributed by atoms with Gasteiger partial charge in [0, 0.05) is 18.3 Å². The molecule has 0 saturated carbocycles. The Morgan fingerprint density at radius 1 is 1.45 bits per heavy atom. The number of ether oxygens (including phenoxy) is 1. The summed E-state index contributed by atoms with van der Waals surface area (Å²) < 4.78 is 5.47. The fourth-order valence-corrected chi connectivity index (χ4v) is 0.680. The summed E-state index contributed by atoms with van der Waals surface area (Å²) in [5.74, 6) is 0.649. The Labute approximate surface area is 67.2 Å². The van der Waals surface area contributed by atoms with Crippen LogP contribution >= 0.6 is 0 Å². The fourth-order valence-electron chi connectivity index (χ4n) is 0.680. The molecule has 1 heterocycles. The van der Waals surface area contributed by atoms with E-state index in [-0.39, 0.29) is 5.60 Å². The molecule has 59 valence electrons. The number of hydrogen-bond donors (Lipinski definition) is 0. The zero-order chi connectivity index (χ0) is 8.32. The molecule has 0 atom stereocenters. The zero-order valence-corrected chi connectivity index (χ0v) is 7.09. The molecular formula is C9H12NO. The van der Waals surface area contributed by atoms with Gasteiger partial charge >= 0.3 is 0 Å². The number of nitrogens with zero attached hydrogens (tertiary/aromatic N) is 1. The van der Waals surface area contributed by atoms with Crippen molar-refractivity contribution in [3.05, 3.63) is 24.4 Å².